The summed E-state index contributed by atoms with van der Waals surface area (Å²) in [5.74, 6) is -0.116. The van der Waals surface area contributed by atoms with Gasteiger partial charge in [0, 0.05) is 5.41 Å². The zero-order valence-corrected chi connectivity index (χ0v) is 5.11. The number of hydrogen-bond acceptors (Lipinski definition) is 0. The van der Waals surface area contributed by atoms with Gasteiger partial charge in [0.2, 0.25) is 0 Å². The molecule has 1 rings (SSSR count). The molecule has 0 radical (unpaired) electrons. The Morgan fingerprint density at radius 1 is 1.50 bits per heavy atom. The number of rotatable bonds is 0. The van der Waals surface area contributed by atoms with Crippen LogP contribution in [-0.4, -0.2) is 0 Å². The third kappa shape index (κ3) is 0.971. The summed E-state index contributed by atoms with van der Waals surface area (Å²) in [5, 5.41) is 0. The molecular formula is C7H9F. The Morgan fingerprint density at radius 2 is 2.12 bits per heavy atom. The van der Waals surface area contributed by atoms with E-state index >= 15 is 0 Å². The van der Waals surface area contributed by atoms with Gasteiger partial charge in [0.25, 0.3) is 0 Å². The molecule has 0 saturated carbocycles. The van der Waals surface area contributed by atoms with Crippen LogP contribution >= 0.6 is 0 Å². The Labute approximate surface area is 48.7 Å². The smallest absolute Gasteiger partial charge is 0.119 e. The molecule has 0 aromatic rings. The lowest BCUT2D eigenvalue weighted by Crippen LogP contribution is -1.97. The van der Waals surface area contributed by atoms with Crippen LogP contribution in [0.15, 0.2) is 24.1 Å². The highest BCUT2D eigenvalue weighted by Crippen LogP contribution is 2.27. The lowest BCUT2D eigenvalue weighted by atomic mass is 9.97. The van der Waals surface area contributed by atoms with Gasteiger partial charge in [0.1, 0.15) is 5.83 Å². The van der Waals surface area contributed by atoms with Gasteiger partial charge in [-0.25, -0.2) is 4.39 Å². The molecule has 0 aliphatic heterocycles. The van der Waals surface area contributed by atoms with E-state index in [4.69, 9.17) is 0 Å². The van der Waals surface area contributed by atoms with Crippen LogP contribution in [0.25, 0.3) is 0 Å². The number of hydrogen-bond donors (Lipinski definition) is 0. The van der Waals surface area contributed by atoms with Crippen molar-refractivity contribution in [1.82, 2.24) is 0 Å². The van der Waals surface area contributed by atoms with E-state index in [2.05, 4.69) is 0 Å². The Hall–Kier alpha value is -0.590. The van der Waals surface area contributed by atoms with Gasteiger partial charge in [-0.2, -0.15) is 0 Å². The average Bonchev–Trinajstić information content (AvgIpc) is 1.82. The van der Waals surface area contributed by atoms with Gasteiger partial charge < -0.3 is 0 Å². The quantitative estimate of drug-likeness (QED) is 0.451. The molecule has 0 amide bonds. The maximum absolute atomic E-state index is 12.2. The molecule has 1 aliphatic rings. The molecule has 0 atom stereocenters. The van der Waals surface area contributed by atoms with E-state index in [1.54, 1.807) is 6.08 Å². The summed E-state index contributed by atoms with van der Waals surface area (Å²) >= 11 is 0. The van der Waals surface area contributed by atoms with E-state index < -0.39 is 0 Å². The van der Waals surface area contributed by atoms with Crippen molar-refractivity contribution in [2.45, 2.75) is 13.8 Å². The Bertz CT molecular complexity index is 152. The molecule has 0 aromatic carbocycles. The zero-order chi connectivity index (χ0) is 6.20. The van der Waals surface area contributed by atoms with Crippen LogP contribution in [0, 0.1) is 5.41 Å². The number of allylic oxidation sites excluding steroid dienone is 4. The molecule has 0 heterocycles. The topological polar surface area (TPSA) is 0 Å². The van der Waals surface area contributed by atoms with Gasteiger partial charge in [-0.05, 0) is 12.2 Å². The van der Waals surface area contributed by atoms with E-state index in [-0.39, 0.29) is 11.2 Å². The highest BCUT2D eigenvalue weighted by molar-refractivity contribution is 5.27. The van der Waals surface area contributed by atoms with Crippen LogP contribution in [0.4, 0.5) is 4.39 Å². The maximum Gasteiger partial charge on any atom is 0.119 e. The SMILES string of the molecule is CC1(C)C=CC(F)=C1. The van der Waals surface area contributed by atoms with Crippen molar-refractivity contribution in [3.63, 3.8) is 0 Å². The minimum Gasteiger partial charge on any atom is -0.207 e. The maximum atomic E-state index is 12.2. The van der Waals surface area contributed by atoms with Gasteiger partial charge in [-0.1, -0.05) is 19.9 Å². The Balaban J connectivity index is 2.84. The third-order valence-corrected chi connectivity index (χ3v) is 1.18. The summed E-state index contributed by atoms with van der Waals surface area (Å²) in [6.45, 7) is 3.94. The first-order valence-electron chi connectivity index (χ1n) is 2.68. The molecule has 0 N–H and O–H groups in total. The van der Waals surface area contributed by atoms with Gasteiger partial charge >= 0.3 is 0 Å². The number of halogens is 1. The molecule has 0 saturated heterocycles. The monoisotopic (exact) mass is 112 g/mol. The summed E-state index contributed by atoms with van der Waals surface area (Å²) in [4.78, 5) is 0. The first-order chi connectivity index (χ1) is 3.60. The molecular weight excluding hydrogens is 103 g/mol. The van der Waals surface area contributed by atoms with Crippen LogP contribution in [0.5, 0.6) is 0 Å². The molecule has 0 aromatic heterocycles. The van der Waals surface area contributed by atoms with Gasteiger partial charge in [0.15, 0.2) is 0 Å². The minimum atomic E-state index is -0.116. The van der Waals surface area contributed by atoms with Crippen molar-refractivity contribution in [1.29, 1.82) is 0 Å². The van der Waals surface area contributed by atoms with E-state index in [1.807, 2.05) is 19.9 Å². The van der Waals surface area contributed by atoms with E-state index in [0.29, 0.717) is 0 Å². The van der Waals surface area contributed by atoms with Gasteiger partial charge in [-0.15, -0.1) is 0 Å². The van der Waals surface area contributed by atoms with Crippen molar-refractivity contribution in [3.8, 4) is 0 Å². The fourth-order valence-electron chi connectivity index (χ4n) is 0.746. The standard InChI is InChI=1S/C7H9F/c1-7(2)4-3-6(8)5-7/h3-5H,1-2H3. The van der Waals surface area contributed by atoms with Crippen molar-refractivity contribution in [2.24, 2.45) is 5.41 Å². The Morgan fingerprint density at radius 3 is 2.25 bits per heavy atom. The molecule has 0 nitrogen and oxygen atoms in total. The third-order valence-electron chi connectivity index (χ3n) is 1.18. The van der Waals surface area contributed by atoms with Crippen LogP contribution in [0.2, 0.25) is 0 Å². The second-order valence-electron chi connectivity index (χ2n) is 2.68. The van der Waals surface area contributed by atoms with E-state index in [9.17, 15) is 4.39 Å². The lowest BCUT2D eigenvalue weighted by Gasteiger charge is -2.07. The molecule has 1 aliphatic carbocycles. The molecule has 44 valence electrons. The van der Waals surface area contributed by atoms with E-state index in [1.165, 1.54) is 6.08 Å². The lowest BCUT2D eigenvalue weighted by molar-refractivity contribution is 0.607. The second-order valence-corrected chi connectivity index (χ2v) is 2.68. The van der Waals surface area contributed by atoms with Gasteiger partial charge in [0.05, 0.1) is 0 Å². The largest absolute Gasteiger partial charge is 0.207 e. The minimum absolute atomic E-state index is 0.0515. The Kier molecular flexibility index (Phi) is 0.999. The van der Waals surface area contributed by atoms with Crippen LogP contribution in [0.1, 0.15) is 13.8 Å². The molecule has 0 unspecified atom stereocenters. The molecule has 0 bridgehead atoms. The first kappa shape index (κ1) is 5.54. The summed E-state index contributed by atoms with van der Waals surface area (Å²) < 4.78 is 12.2. The second kappa shape index (κ2) is 1.44. The van der Waals surface area contributed by atoms with Gasteiger partial charge in [-0.3, -0.25) is 0 Å². The predicted molar refractivity (Wildman–Crippen MR) is 32.1 cm³/mol. The average molecular weight is 112 g/mol. The highest BCUT2D eigenvalue weighted by Gasteiger charge is 2.15. The van der Waals surface area contributed by atoms with Crippen LogP contribution < -0.4 is 0 Å². The molecule has 0 spiro atoms. The van der Waals surface area contributed by atoms with Crippen LogP contribution in [0.3, 0.4) is 0 Å². The zero-order valence-electron chi connectivity index (χ0n) is 5.11. The van der Waals surface area contributed by atoms with Crippen molar-refractivity contribution < 1.29 is 4.39 Å². The first-order valence-corrected chi connectivity index (χ1v) is 2.68. The van der Waals surface area contributed by atoms with Crippen molar-refractivity contribution in [3.05, 3.63) is 24.1 Å². The highest BCUT2D eigenvalue weighted by atomic mass is 19.1. The summed E-state index contributed by atoms with van der Waals surface area (Å²) in [7, 11) is 0. The summed E-state index contributed by atoms with van der Waals surface area (Å²) in [5.41, 5.74) is -0.0515. The van der Waals surface area contributed by atoms with Crippen LogP contribution in [-0.2, 0) is 0 Å². The molecule has 8 heavy (non-hydrogen) atoms. The van der Waals surface area contributed by atoms with Crippen molar-refractivity contribution in [2.75, 3.05) is 0 Å². The summed E-state index contributed by atoms with van der Waals surface area (Å²) in [6.07, 6.45) is 4.95. The molecule has 1 heteroatoms. The predicted octanol–water partition coefficient (Wildman–Crippen LogP) is 2.44. The van der Waals surface area contributed by atoms with E-state index in [0.717, 1.165) is 0 Å². The fraction of sp³-hybridized carbons (Fsp3) is 0.429. The normalized spacial score (nSPS) is 23.6. The van der Waals surface area contributed by atoms with Crippen molar-refractivity contribution >= 4 is 0 Å². The summed E-state index contributed by atoms with van der Waals surface area (Å²) in [6, 6.07) is 0. The molecule has 0 fully saturated rings. The fourth-order valence-corrected chi connectivity index (χ4v) is 0.746.